The third-order valence-corrected chi connectivity index (χ3v) is 7.17. The molecule has 7 nitrogen and oxygen atoms in total. The number of hydrogen-bond acceptors (Lipinski definition) is 5. The van der Waals surface area contributed by atoms with Crippen LogP contribution in [0, 0.1) is 6.92 Å². The van der Waals surface area contributed by atoms with Gasteiger partial charge >= 0.3 is 0 Å². The Morgan fingerprint density at radius 1 is 1.24 bits per heavy atom. The van der Waals surface area contributed by atoms with Crippen molar-refractivity contribution in [2.75, 3.05) is 23.4 Å². The molecule has 1 aliphatic rings. The molecule has 2 aromatic rings. The zero-order valence-electron chi connectivity index (χ0n) is 16.6. The molecule has 0 fully saturated rings. The molecule has 0 bridgehead atoms. The van der Waals surface area contributed by atoms with E-state index in [9.17, 15) is 18.0 Å². The minimum absolute atomic E-state index is 0.107. The Morgan fingerprint density at radius 2 is 1.93 bits per heavy atom. The molecule has 154 valence electrons. The number of amides is 2. The summed E-state index contributed by atoms with van der Waals surface area (Å²) in [7, 11) is -3.78. The molecule has 0 unspecified atom stereocenters. The van der Waals surface area contributed by atoms with Crippen LogP contribution in [0.5, 0.6) is 5.75 Å². The Morgan fingerprint density at radius 3 is 2.59 bits per heavy atom. The summed E-state index contributed by atoms with van der Waals surface area (Å²) in [5.41, 5.74) is 1.67. The molecule has 0 saturated carbocycles. The van der Waals surface area contributed by atoms with Crippen molar-refractivity contribution in [1.82, 2.24) is 0 Å². The van der Waals surface area contributed by atoms with E-state index < -0.39 is 15.1 Å². The average Bonchev–Trinajstić information content (AvgIpc) is 2.68. The second-order valence-electron chi connectivity index (χ2n) is 6.98. The fourth-order valence-corrected chi connectivity index (χ4v) is 4.89. The van der Waals surface area contributed by atoms with E-state index in [1.807, 2.05) is 37.3 Å². The van der Waals surface area contributed by atoms with Gasteiger partial charge in [-0.3, -0.25) is 9.59 Å². The van der Waals surface area contributed by atoms with Gasteiger partial charge in [0.05, 0.1) is 15.8 Å². The molecule has 0 radical (unpaired) electrons. The Balaban J connectivity index is 1.84. The minimum Gasteiger partial charge on any atom is -0.482 e. The number of nitrogens with zero attached hydrogens (tertiary/aromatic N) is 1. The average molecular weight is 416 g/mol. The summed E-state index contributed by atoms with van der Waals surface area (Å²) in [6.45, 7) is 5.33. The van der Waals surface area contributed by atoms with Crippen LogP contribution in [-0.2, 0) is 19.4 Å². The molecule has 1 heterocycles. The third kappa shape index (κ3) is 4.27. The maximum atomic E-state index is 13.2. The van der Waals surface area contributed by atoms with E-state index >= 15 is 0 Å². The van der Waals surface area contributed by atoms with E-state index in [2.05, 4.69) is 5.32 Å². The van der Waals surface area contributed by atoms with Gasteiger partial charge in [-0.25, -0.2) is 8.42 Å². The van der Waals surface area contributed by atoms with Crippen molar-refractivity contribution in [3.8, 4) is 5.75 Å². The van der Waals surface area contributed by atoms with Crippen LogP contribution >= 0.6 is 0 Å². The molecular formula is C21H24N2O5S. The van der Waals surface area contributed by atoms with Gasteiger partial charge in [-0.15, -0.1) is 0 Å². The molecule has 0 saturated heterocycles. The van der Waals surface area contributed by atoms with Gasteiger partial charge in [-0.1, -0.05) is 18.2 Å². The summed E-state index contributed by atoms with van der Waals surface area (Å²) in [6, 6.07) is 12.2. The summed E-state index contributed by atoms with van der Waals surface area (Å²) >= 11 is 0. The van der Waals surface area contributed by atoms with Crippen molar-refractivity contribution in [3.05, 3.63) is 48.0 Å². The van der Waals surface area contributed by atoms with E-state index in [4.69, 9.17) is 4.74 Å². The number of sulfone groups is 1. The lowest BCUT2D eigenvalue weighted by Crippen LogP contribution is -2.34. The standard InChI is InChI=1S/C21H24N2O5S/c1-4-23(16-8-6-5-7-9-16)21(25)11-15(3)29(26,27)19-12-18-17(10-14(19)2)22-20(24)13-28-18/h5-10,12,15H,4,11,13H2,1-3H3,(H,22,24)/t15-/m1/s1. The van der Waals surface area contributed by atoms with E-state index in [1.165, 1.54) is 13.0 Å². The van der Waals surface area contributed by atoms with Crippen molar-refractivity contribution < 1.29 is 22.7 Å². The van der Waals surface area contributed by atoms with E-state index in [-0.39, 0.29) is 29.7 Å². The van der Waals surface area contributed by atoms with Crippen LogP contribution in [0.25, 0.3) is 0 Å². The lowest BCUT2D eigenvalue weighted by Gasteiger charge is -2.24. The zero-order valence-corrected chi connectivity index (χ0v) is 17.5. The Hall–Kier alpha value is -2.87. The van der Waals surface area contributed by atoms with Crippen LogP contribution in [-0.4, -0.2) is 38.6 Å². The highest BCUT2D eigenvalue weighted by Crippen LogP contribution is 2.34. The number of ether oxygens (including phenoxy) is 1. The van der Waals surface area contributed by atoms with Crippen molar-refractivity contribution >= 4 is 33.0 Å². The molecule has 1 N–H and O–H groups in total. The van der Waals surface area contributed by atoms with Gasteiger partial charge in [0, 0.05) is 24.7 Å². The van der Waals surface area contributed by atoms with Crippen LogP contribution in [0.2, 0.25) is 0 Å². The van der Waals surface area contributed by atoms with Crippen molar-refractivity contribution in [2.24, 2.45) is 0 Å². The second kappa shape index (κ2) is 8.24. The van der Waals surface area contributed by atoms with Crippen LogP contribution in [0.3, 0.4) is 0 Å². The number of carbonyl (C=O) groups excluding carboxylic acids is 2. The predicted octanol–water partition coefficient (Wildman–Crippen LogP) is 2.93. The molecule has 1 aliphatic heterocycles. The molecule has 0 aliphatic carbocycles. The highest BCUT2D eigenvalue weighted by atomic mass is 32.2. The molecular weight excluding hydrogens is 392 g/mol. The smallest absolute Gasteiger partial charge is 0.262 e. The second-order valence-corrected chi connectivity index (χ2v) is 9.32. The first-order valence-corrected chi connectivity index (χ1v) is 10.9. The highest BCUT2D eigenvalue weighted by Gasteiger charge is 2.31. The van der Waals surface area contributed by atoms with E-state index in [1.54, 1.807) is 17.9 Å². The topological polar surface area (TPSA) is 92.8 Å². The maximum absolute atomic E-state index is 13.2. The number of nitrogens with one attached hydrogen (secondary N) is 1. The molecule has 2 amide bonds. The fraction of sp³-hybridized carbons (Fsp3) is 0.333. The molecule has 2 aromatic carbocycles. The molecule has 29 heavy (non-hydrogen) atoms. The van der Waals surface area contributed by atoms with Crippen LogP contribution < -0.4 is 15.0 Å². The number of anilines is 2. The maximum Gasteiger partial charge on any atom is 0.262 e. The van der Waals surface area contributed by atoms with Crippen molar-refractivity contribution in [3.63, 3.8) is 0 Å². The summed E-state index contributed by atoms with van der Waals surface area (Å²) in [5, 5.41) is 1.75. The van der Waals surface area contributed by atoms with Gasteiger partial charge in [0.2, 0.25) is 5.91 Å². The van der Waals surface area contributed by atoms with Crippen LogP contribution in [0.1, 0.15) is 25.8 Å². The number of para-hydroxylation sites is 1. The van der Waals surface area contributed by atoms with Gasteiger partial charge in [-0.2, -0.15) is 0 Å². The monoisotopic (exact) mass is 416 g/mol. The predicted molar refractivity (Wildman–Crippen MR) is 111 cm³/mol. The summed E-state index contributed by atoms with van der Waals surface area (Å²) in [6.07, 6.45) is -0.140. The molecule has 0 aromatic heterocycles. The quantitative estimate of drug-likeness (QED) is 0.782. The first-order chi connectivity index (χ1) is 13.7. The van der Waals surface area contributed by atoms with E-state index in [0.29, 0.717) is 23.5 Å². The first-order valence-electron chi connectivity index (χ1n) is 9.40. The third-order valence-electron chi connectivity index (χ3n) is 4.89. The molecule has 8 heteroatoms. The zero-order chi connectivity index (χ0) is 21.2. The van der Waals surface area contributed by atoms with Gasteiger partial charge in [0.15, 0.2) is 16.4 Å². The largest absolute Gasteiger partial charge is 0.482 e. The normalized spacial score (nSPS) is 14.4. The molecule has 0 spiro atoms. The first kappa shape index (κ1) is 20.9. The molecule has 3 rings (SSSR count). The fourth-order valence-electron chi connectivity index (χ4n) is 3.32. The number of fused-ring (bicyclic) bond motifs is 1. The highest BCUT2D eigenvalue weighted by molar-refractivity contribution is 7.92. The number of rotatable bonds is 6. The Bertz CT molecular complexity index is 1030. The van der Waals surface area contributed by atoms with Crippen LogP contribution in [0.15, 0.2) is 47.4 Å². The van der Waals surface area contributed by atoms with E-state index in [0.717, 1.165) is 5.69 Å². The van der Waals surface area contributed by atoms with Crippen molar-refractivity contribution in [1.29, 1.82) is 0 Å². The summed E-state index contributed by atoms with van der Waals surface area (Å²) in [4.78, 5) is 25.9. The SMILES string of the molecule is CCN(C(=O)C[C@@H](C)S(=O)(=O)c1cc2c(cc1C)NC(=O)CO2)c1ccccc1. The number of carbonyl (C=O) groups is 2. The van der Waals surface area contributed by atoms with Crippen molar-refractivity contribution in [2.45, 2.75) is 37.3 Å². The lowest BCUT2D eigenvalue weighted by atomic mass is 10.2. The van der Waals surface area contributed by atoms with Gasteiger partial charge < -0.3 is 15.0 Å². The summed E-state index contributed by atoms with van der Waals surface area (Å²) < 4.78 is 31.7. The Kier molecular flexibility index (Phi) is 5.93. The number of aryl methyl sites for hydroxylation is 1. The van der Waals surface area contributed by atoms with Gasteiger partial charge in [0.1, 0.15) is 5.75 Å². The summed E-state index contributed by atoms with van der Waals surface area (Å²) in [5.74, 6) is -0.229. The number of benzene rings is 2. The van der Waals surface area contributed by atoms with Gasteiger partial charge in [-0.05, 0) is 44.5 Å². The number of hydrogen-bond donors (Lipinski definition) is 1. The van der Waals surface area contributed by atoms with Gasteiger partial charge in [0.25, 0.3) is 5.91 Å². The lowest BCUT2D eigenvalue weighted by molar-refractivity contribution is -0.119. The minimum atomic E-state index is -3.78. The molecule has 1 atom stereocenters. The Labute approximate surface area is 170 Å². The van der Waals surface area contributed by atoms with Crippen LogP contribution in [0.4, 0.5) is 11.4 Å².